The highest BCUT2D eigenvalue weighted by atomic mass is 35.5. The minimum Gasteiger partial charge on any atom is -0.457 e. The Morgan fingerprint density at radius 1 is 1.26 bits per heavy atom. The molecule has 3 heterocycles. The van der Waals surface area contributed by atoms with Crippen LogP contribution in [0.4, 0.5) is 17.6 Å². The molecule has 4 rings (SSSR count). The van der Waals surface area contributed by atoms with Crippen molar-refractivity contribution < 1.29 is 27.1 Å². The second kappa shape index (κ2) is 5.83. The summed E-state index contributed by atoms with van der Waals surface area (Å²) in [6, 6.07) is 2.47. The molecule has 0 bridgehead atoms. The highest BCUT2D eigenvalue weighted by Crippen LogP contribution is 2.35. The maximum atomic E-state index is 14.7. The van der Waals surface area contributed by atoms with Gasteiger partial charge in [0.15, 0.2) is 5.58 Å². The van der Waals surface area contributed by atoms with Crippen molar-refractivity contribution in [2.24, 2.45) is 0 Å². The fraction of sp³-hybridized carbons (Fsp3) is 0.125. The summed E-state index contributed by atoms with van der Waals surface area (Å²) in [5.74, 6) is -1.37. The minimum atomic E-state index is -4.81. The number of aromatic nitrogens is 3. The lowest BCUT2D eigenvalue weighted by Crippen LogP contribution is -2.26. The number of alkyl halides is 3. The molecule has 0 radical (unpaired) electrons. The normalized spacial score (nSPS) is 12.4. The van der Waals surface area contributed by atoms with E-state index in [1.54, 1.807) is 0 Å². The SMILES string of the molecule is O=c1cc(C(F)(F)F)n2ccnc2n1-c1c(F)cc(Cl)c2oc(CO)cc12. The summed E-state index contributed by atoms with van der Waals surface area (Å²) in [5.41, 5.74) is -2.79. The van der Waals surface area contributed by atoms with Crippen molar-refractivity contribution in [2.75, 3.05) is 0 Å². The fourth-order valence-corrected chi connectivity index (χ4v) is 3.14. The quantitative estimate of drug-likeness (QED) is 0.521. The van der Waals surface area contributed by atoms with E-state index in [0.717, 1.165) is 18.5 Å². The highest BCUT2D eigenvalue weighted by Gasteiger charge is 2.35. The van der Waals surface area contributed by atoms with Gasteiger partial charge in [-0.1, -0.05) is 11.6 Å². The number of nitrogens with zero attached hydrogens (tertiary/aromatic N) is 3. The monoisotopic (exact) mass is 401 g/mol. The second-order valence-corrected chi connectivity index (χ2v) is 6.01. The predicted molar refractivity (Wildman–Crippen MR) is 86.5 cm³/mol. The number of hydrogen-bond donors (Lipinski definition) is 1. The van der Waals surface area contributed by atoms with Crippen molar-refractivity contribution in [2.45, 2.75) is 12.8 Å². The van der Waals surface area contributed by atoms with Crippen molar-refractivity contribution >= 4 is 28.3 Å². The van der Waals surface area contributed by atoms with E-state index < -0.39 is 35.6 Å². The average Bonchev–Trinajstić information content (AvgIpc) is 3.22. The Labute approximate surface area is 151 Å². The van der Waals surface area contributed by atoms with E-state index in [0.29, 0.717) is 15.0 Å². The van der Waals surface area contributed by atoms with Gasteiger partial charge in [0, 0.05) is 23.8 Å². The Bertz CT molecular complexity index is 1260. The lowest BCUT2D eigenvalue weighted by atomic mass is 10.2. The van der Waals surface area contributed by atoms with Gasteiger partial charge >= 0.3 is 6.18 Å². The van der Waals surface area contributed by atoms with Crippen LogP contribution in [0.15, 0.2) is 39.8 Å². The first-order valence-corrected chi connectivity index (χ1v) is 7.78. The first kappa shape index (κ1) is 17.6. The maximum Gasteiger partial charge on any atom is 0.432 e. The van der Waals surface area contributed by atoms with E-state index in [4.69, 9.17) is 16.0 Å². The number of halogens is 5. The van der Waals surface area contributed by atoms with Gasteiger partial charge < -0.3 is 9.52 Å². The van der Waals surface area contributed by atoms with Crippen LogP contribution < -0.4 is 5.56 Å². The van der Waals surface area contributed by atoms with Gasteiger partial charge in [0.1, 0.15) is 23.9 Å². The summed E-state index contributed by atoms with van der Waals surface area (Å²) in [6.07, 6.45) is -2.75. The molecule has 0 aliphatic heterocycles. The molecular weight excluding hydrogens is 394 g/mol. The zero-order valence-corrected chi connectivity index (χ0v) is 13.8. The fourth-order valence-electron chi connectivity index (χ4n) is 2.90. The van der Waals surface area contributed by atoms with Crippen LogP contribution in [0.5, 0.6) is 0 Å². The molecule has 0 fully saturated rings. The molecule has 1 aromatic carbocycles. The number of rotatable bonds is 2. The van der Waals surface area contributed by atoms with Crippen LogP contribution in [0.1, 0.15) is 11.5 Å². The highest BCUT2D eigenvalue weighted by molar-refractivity contribution is 6.35. The van der Waals surface area contributed by atoms with E-state index in [1.165, 1.54) is 6.07 Å². The molecule has 4 aromatic rings. The van der Waals surface area contributed by atoms with Crippen LogP contribution in [0, 0.1) is 5.82 Å². The lowest BCUT2D eigenvalue weighted by Gasteiger charge is -2.14. The summed E-state index contributed by atoms with van der Waals surface area (Å²) < 4.78 is 61.0. The second-order valence-electron chi connectivity index (χ2n) is 5.60. The van der Waals surface area contributed by atoms with Crippen molar-refractivity contribution in [1.29, 1.82) is 0 Å². The van der Waals surface area contributed by atoms with Crippen LogP contribution >= 0.6 is 11.6 Å². The van der Waals surface area contributed by atoms with Crippen molar-refractivity contribution in [3.8, 4) is 5.69 Å². The molecule has 6 nitrogen and oxygen atoms in total. The van der Waals surface area contributed by atoms with Crippen LogP contribution in [0.3, 0.4) is 0 Å². The molecular formula is C16H8ClF4N3O3. The summed E-state index contributed by atoms with van der Waals surface area (Å²) in [7, 11) is 0. The van der Waals surface area contributed by atoms with Crippen molar-refractivity contribution in [3.63, 3.8) is 0 Å². The Morgan fingerprint density at radius 2 is 2.00 bits per heavy atom. The molecule has 0 aliphatic rings. The molecule has 140 valence electrons. The Hall–Kier alpha value is -2.85. The maximum absolute atomic E-state index is 14.7. The van der Waals surface area contributed by atoms with E-state index in [2.05, 4.69) is 4.98 Å². The van der Waals surface area contributed by atoms with Crippen LogP contribution in [-0.2, 0) is 12.8 Å². The summed E-state index contributed by atoms with van der Waals surface area (Å²) in [4.78, 5) is 16.3. The third kappa shape index (κ3) is 2.60. The zero-order valence-electron chi connectivity index (χ0n) is 13.1. The van der Waals surface area contributed by atoms with Gasteiger partial charge in [-0.2, -0.15) is 13.2 Å². The van der Waals surface area contributed by atoms with Gasteiger partial charge in [-0.25, -0.2) is 13.9 Å². The molecule has 1 N–H and O–H groups in total. The minimum absolute atomic E-state index is 0.0100. The molecule has 3 aromatic heterocycles. The van der Waals surface area contributed by atoms with Gasteiger partial charge in [0.2, 0.25) is 5.78 Å². The molecule has 27 heavy (non-hydrogen) atoms. The smallest absolute Gasteiger partial charge is 0.432 e. The summed E-state index contributed by atoms with van der Waals surface area (Å²) >= 11 is 5.94. The zero-order chi connectivity index (χ0) is 19.5. The van der Waals surface area contributed by atoms with Gasteiger partial charge in [-0.3, -0.25) is 9.20 Å². The molecule has 0 amide bonds. The molecule has 0 unspecified atom stereocenters. The largest absolute Gasteiger partial charge is 0.457 e. The molecule has 0 saturated heterocycles. The Balaban J connectivity index is 2.16. The number of benzene rings is 1. The van der Waals surface area contributed by atoms with E-state index in [9.17, 15) is 27.5 Å². The molecule has 11 heteroatoms. The summed E-state index contributed by atoms with van der Waals surface area (Å²) in [6.45, 7) is -0.521. The van der Waals surface area contributed by atoms with Crippen molar-refractivity contribution in [1.82, 2.24) is 14.0 Å². The van der Waals surface area contributed by atoms with Gasteiger partial charge in [-0.05, 0) is 12.1 Å². The molecule has 0 saturated carbocycles. The first-order chi connectivity index (χ1) is 12.7. The lowest BCUT2D eigenvalue weighted by molar-refractivity contribution is -0.142. The third-order valence-electron chi connectivity index (χ3n) is 3.97. The van der Waals surface area contributed by atoms with Gasteiger partial charge in [-0.15, -0.1) is 0 Å². The van der Waals surface area contributed by atoms with Crippen LogP contribution in [0.25, 0.3) is 22.4 Å². The Kier molecular flexibility index (Phi) is 3.79. The summed E-state index contributed by atoms with van der Waals surface area (Å²) in [5, 5.41) is 9.13. The molecule has 0 atom stereocenters. The van der Waals surface area contributed by atoms with Gasteiger partial charge in [0.05, 0.1) is 10.7 Å². The van der Waals surface area contributed by atoms with E-state index in [-0.39, 0.29) is 27.4 Å². The third-order valence-corrected chi connectivity index (χ3v) is 4.25. The first-order valence-electron chi connectivity index (χ1n) is 7.40. The van der Waals surface area contributed by atoms with Gasteiger partial charge in [0.25, 0.3) is 5.56 Å². The predicted octanol–water partition coefficient (Wildman–Crippen LogP) is 3.54. The number of furan rings is 1. The average molecular weight is 402 g/mol. The van der Waals surface area contributed by atoms with E-state index in [1.807, 2.05) is 0 Å². The van der Waals surface area contributed by atoms with Crippen LogP contribution in [0.2, 0.25) is 5.02 Å². The molecule has 0 spiro atoms. The number of imidazole rings is 1. The number of fused-ring (bicyclic) bond motifs is 2. The standard InChI is InChI=1S/C16H8ClF4N3O3/c17-9-4-10(18)13(8-3-7(6-25)27-14(8)9)24-12(26)5-11(16(19,20)21)23-2-1-22-15(23)24/h1-5,25H,6H2. The molecule has 0 aliphatic carbocycles. The number of aliphatic hydroxyl groups is 1. The topological polar surface area (TPSA) is 72.7 Å². The number of hydrogen-bond acceptors (Lipinski definition) is 4. The Morgan fingerprint density at radius 3 is 2.67 bits per heavy atom. The van der Waals surface area contributed by atoms with Crippen molar-refractivity contribution in [3.05, 3.63) is 63.2 Å². The van der Waals surface area contributed by atoms with Crippen LogP contribution in [-0.4, -0.2) is 19.1 Å². The number of aliphatic hydroxyl groups excluding tert-OH is 1. The van der Waals surface area contributed by atoms with E-state index >= 15 is 0 Å².